The van der Waals surface area contributed by atoms with Crippen molar-refractivity contribution in [2.24, 2.45) is 5.41 Å². The summed E-state index contributed by atoms with van der Waals surface area (Å²) in [6.45, 7) is 5.00. The Kier molecular flexibility index (Phi) is 2.16. The van der Waals surface area contributed by atoms with Crippen LogP contribution in [0.1, 0.15) is 20.8 Å². The van der Waals surface area contributed by atoms with Gasteiger partial charge in [-0.15, -0.1) is 0 Å². The van der Waals surface area contributed by atoms with Gasteiger partial charge in [0.1, 0.15) is 6.29 Å². The van der Waals surface area contributed by atoms with Gasteiger partial charge in [-0.1, -0.05) is 13.8 Å². The van der Waals surface area contributed by atoms with Gasteiger partial charge in [0.2, 0.25) is 0 Å². The lowest BCUT2D eigenvalue weighted by Crippen LogP contribution is -2.27. The van der Waals surface area contributed by atoms with Gasteiger partial charge in [0, 0.05) is 5.41 Å². The predicted molar refractivity (Wildman–Crippen MR) is 31.5 cm³/mol. The number of aliphatic hydroxyl groups is 1. The molecule has 0 aromatic rings. The Morgan fingerprint density at radius 1 is 1.62 bits per heavy atom. The van der Waals surface area contributed by atoms with E-state index in [9.17, 15) is 4.79 Å². The molecule has 0 radical (unpaired) electrons. The zero-order valence-corrected chi connectivity index (χ0v) is 5.51. The van der Waals surface area contributed by atoms with Crippen molar-refractivity contribution in [3.05, 3.63) is 0 Å². The molecule has 0 aliphatic rings. The van der Waals surface area contributed by atoms with Crippen molar-refractivity contribution in [3.63, 3.8) is 0 Å². The Hall–Kier alpha value is -0.370. The van der Waals surface area contributed by atoms with Crippen LogP contribution in [0.4, 0.5) is 0 Å². The molecule has 1 N–H and O–H groups in total. The third-order valence-corrected chi connectivity index (χ3v) is 1.38. The van der Waals surface area contributed by atoms with E-state index in [1.165, 1.54) is 0 Å². The molecule has 0 rings (SSSR count). The average Bonchev–Trinajstić information content (AvgIpc) is 1.67. The second-order valence-corrected chi connectivity index (χ2v) is 2.62. The summed E-state index contributed by atoms with van der Waals surface area (Å²) >= 11 is 0. The Morgan fingerprint density at radius 2 is 2.00 bits per heavy atom. The van der Waals surface area contributed by atoms with Crippen molar-refractivity contribution in [3.8, 4) is 0 Å². The van der Waals surface area contributed by atoms with Crippen LogP contribution >= 0.6 is 0 Å². The van der Waals surface area contributed by atoms with Crippen molar-refractivity contribution < 1.29 is 9.90 Å². The van der Waals surface area contributed by atoms with Gasteiger partial charge < -0.3 is 9.90 Å². The summed E-state index contributed by atoms with van der Waals surface area (Å²) in [4.78, 5) is 10.1. The third-order valence-electron chi connectivity index (χ3n) is 1.38. The van der Waals surface area contributed by atoms with Crippen LogP contribution in [0.2, 0.25) is 0 Å². The molecular weight excluding hydrogens is 104 g/mol. The molecule has 0 aromatic carbocycles. The molecule has 0 amide bonds. The smallest absolute Gasteiger partial charge is 0.128 e. The minimum Gasteiger partial charge on any atom is -0.392 e. The van der Waals surface area contributed by atoms with E-state index in [1.807, 2.05) is 0 Å². The van der Waals surface area contributed by atoms with E-state index < -0.39 is 11.5 Å². The Balaban J connectivity index is 3.90. The monoisotopic (exact) mass is 116 g/mol. The van der Waals surface area contributed by atoms with Crippen LogP contribution < -0.4 is 0 Å². The number of rotatable bonds is 2. The van der Waals surface area contributed by atoms with Gasteiger partial charge in [-0.2, -0.15) is 0 Å². The number of aldehydes is 1. The van der Waals surface area contributed by atoms with E-state index in [-0.39, 0.29) is 0 Å². The van der Waals surface area contributed by atoms with Crippen LogP contribution in [0.25, 0.3) is 0 Å². The molecule has 1 atom stereocenters. The molecule has 0 heterocycles. The Bertz CT molecular complexity index is 84.5. The van der Waals surface area contributed by atoms with Gasteiger partial charge in [0.25, 0.3) is 0 Å². The largest absolute Gasteiger partial charge is 0.392 e. The quantitative estimate of drug-likeness (QED) is 0.536. The maximum atomic E-state index is 10.1. The molecular formula is C6H12O2. The van der Waals surface area contributed by atoms with Crippen molar-refractivity contribution >= 4 is 6.29 Å². The number of aliphatic hydroxyl groups excluding tert-OH is 1. The maximum absolute atomic E-state index is 10.1. The van der Waals surface area contributed by atoms with Gasteiger partial charge >= 0.3 is 0 Å². The van der Waals surface area contributed by atoms with Crippen LogP contribution in [-0.4, -0.2) is 17.5 Å². The summed E-state index contributed by atoms with van der Waals surface area (Å²) in [5, 5.41) is 8.85. The molecule has 2 heteroatoms. The van der Waals surface area contributed by atoms with Crippen molar-refractivity contribution in [1.29, 1.82) is 0 Å². The molecule has 0 aromatic heterocycles. The lowest BCUT2D eigenvalue weighted by Gasteiger charge is -2.19. The highest BCUT2D eigenvalue weighted by Gasteiger charge is 2.22. The lowest BCUT2D eigenvalue weighted by atomic mass is 9.90. The van der Waals surface area contributed by atoms with E-state index in [1.54, 1.807) is 20.8 Å². The first-order valence-corrected chi connectivity index (χ1v) is 2.65. The first-order chi connectivity index (χ1) is 3.50. The summed E-state index contributed by atoms with van der Waals surface area (Å²) in [5.41, 5.74) is -0.583. The van der Waals surface area contributed by atoms with Crippen LogP contribution in [0.5, 0.6) is 0 Å². The number of hydrogen-bond acceptors (Lipinski definition) is 2. The third kappa shape index (κ3) is 1.62. The molecule has 8 heavy (non-hydrogen) atoms. The number of carbonyl (C=O) groups excluding carboxylic acids is 1. The standard InChI is InChI=1S/C6H12O2/c1-5(8)6(2,3)4-7/h4-5,8H,1-3H3. The summed E-state index contributed by atoms with van der Waals surface area (Å²) in [5.74, 6) is 0. The lowest BCUT2D eigenvalue weighted by molar-refractivity contribution is -0.119. The summed E-state index contributed by atoms with van der Waals surface area (Å²) in [6, 6.07) is 0. The minimum absolute atomic E-state index is 0.556. The molecule has 0 fully saturated rings. The summed E-state index contributed by atoms with van der Waals surface area (Å²) in [7, 11) is 0. The van der Waals surface area contributed by atoms with E-state index >= 15 is 0 Å². The topological polar surface area (TPSA) is 37.3 Å². The van der Waals surface area contributed by atoms with Crippen LogP contribution in [0.15, 0.2) is 0 Å². The second-order valence-electron chi connectivity index (χ2n) is 2.62. The van der Waals surface area contributed by atoms with E-state index in [4.69, 9.17) is 5.11 Å². The van der Waals surface area contributed by atoms with Crippen molar-refractivity contribution in [1.82, 2.24) is 0 Å². The molecule has 1 unspecified atom stereocenters. The fraction of sp³-hybridized carbons (Fsp3) is 0.833. The average molecular weight is 116 g/mol. The van der Waals surface area contributed by atoms with Crippen molar-refractivity contribution in [2.45, 2.75) is 26.9 Å². The fourth-order valence-corrected chi connectivity index (χ4v) is 0.0985. The number of hydrogen-bond donors (Lipinski definition) is 1. The SMILES string of the molecule is CC(O)C(C)(C)C=O. The maximum Gasteiger partial charge on any atom is 0.128 e. The molecule has 48 valence electrons. The summed E-state index contributed by atoms with van der Waals surface area (Å²) < 4.78 is 0. The fourth-order valence-electron chi connectivity index (χ4n) is 0.0985. The second kappa shape index (κ2) is 2.27. The predicted octanol–water partition coefficient (Wildman–Crippen LogP) is 0.592. The molecule has 2 nitrogen and oxygen atoms in total. The normalized spacial score (nSPS) is 15.5. The molecule has 0 spiro atoms. The zero-order chi connectivity index (χ0) is 6.78. The van der Waals surface area contributed by atoms with Gasteiger partial charge in [-0.05, 0) is 6.92 Å². The summed E-state index contributed by atoms with van der Waals surface area (Å²) in [6.07, 6.45) is 0.206. The van der Waals surface area contributed by atoms with E-state index in [0.717, 1.165) is 6.29 Å². The number of carbonyl (C=O) groups is 1. The molecule has 0 bridgehead atoms. The van der Waals surface area contributed by atoms with Gasteiger partial charge in [0.15, 0.2) is 0 Å². The van der Waals surface area contributed by atoms with E-state index in [0.29, 0.717) is 0 Å². The van der Waals surface area contributed by atoms with Gasteiger partial charge in [-0.3, -0.25) is 0 Å². The highest BCUT2D eigenvalue weighted by Crippen LogP contribution is 2.15. The van der Waals surface area contributed by atoms with Crippen molar-refractivity contribution in [2.75, 3.05) is 0 Å². The van der Waals surface area contributed by atoms with Crippen LogP contribution in [0, 0.1) is 5.41 Å². The van der Waals surface area contributed by atoms with Gasteiger partial charge in [0.05, 0.1) is 6.10 Å². The molecule has 0 saturated carbocycles. The van der Waals surface area contributed by atoms with Crippen LogP contribution in [0.3, 0.4) is 0 Å². The zero-order valence-electron chi connectivity index (χ0n) is 5.51. The first-order valence-electron chi connectivity index (χ1n) is 2.65. The first kappa shape index (κ1) is 7.63. The molecule has 0 aliphatic carbocycles. The molecule has 0 aliphatic heterocycles. The minimum atomic E-state index is -0.583. The Labute approximate surface area is 49.5 Å². The highest BCUT2D eigenvalue weighted by atomic mass is 16.3. The highest BCUT2D eigenvalue weighted by molar-refractivity contribution is 5.58. The van der Waals surface area contributed by atoms with E-state index in [2.05, 4.69) is 0 Å². The van der Waals surface area contributed by atoms with Crippen LogP contribution in [-0.2, 0) is 4.79 Å². The van der Waals surface area contributed by atoms with Gasteiger partial charge in [-0.25, -0.2) is 0 Å². The molecule has 0 saturated heterocycles. The Morgan fingerprint density at radius 3 is 2.00 bits per heavy atom.